The van der Waals surface area contributed by atoms with Gasteiger partial charge >= 0.3 is 0 Å². The van der Waals surface area contributed by atoms with Gasteiger partial charge < -0.3 is 9.47 Å². The summed E-state index contributed by atoms with van der Waals surface area (Å²) in [5, 5.41) is 10.7. The number of carbonyl (C=O) groups excluding carboxylic acids is 2. The molecule has 0 saturated heterocycles. The molecule has 1 aliphatic heterocycles. The zero-order chi connectivity index (χ0) is 22.7. The van der Waals surface area contributed by atoms with Crippen LogP contribution in [0.4, 0.5) is 10.8 Å². The molecule has 0 unspecified atom stereocenters. The highest BCUT2D eigenvalue weighted by atomic mass is 32.1. The number of amides is 2. The van der Waals surface area contributed by atoms with Gasteiger partial charge in [0, 0.05) is 29.9 Å². The first-order valence-corrected chi connectivity index (χ1v) is 10.8. The molecule has 0 radical (unpaired) electrons. The quantitative estimate of drug-likeness (QED) is 0.606. The number of ether oxygens (including phenoxy) is 2. The minimum atomic E-state index is -0.377. The molecule has 2 heterocycles. The Morgan fingerprint density at radius 2 is 1.97 bits per heavy atom. The van der Waals surface area contributed by atoms with E-state index in [0.29, 0.717) is 28.0 Å². The number of hydrazone groups is 1. The van der Waals surface area contributed by atoms with E-state index in [2.05, 4.69) is 15.4 Å². The number of carbonyl (C=O) groups is 2. The molecule has 32 heavy (non-hydrogen) atoms. The summed E-state index contributed by atoms with van der Waals surface area (Å²) >= 11 is 1.30. The Morgan fingerprint density at radius 1 is 1.12 bits per heavy atom. The lowest BCUT2D eigenvalue weighted by molar-refractivity contribution is -0.118. The minimum Gasteiger partial charge on any atom is -0.497 e. The summed E-state index contributed by atoms with van der Waals surface area (Å²) in [4.78, 5) is 29.7. The fraction of sp³-hybridized carbons (Fsp3) is 0.217. The Morgan fingerprint density at radius 3 is 2.72 bits per heavy atom. The van der Waals surface area contributed by atoms with Crippen LogP contribution in [0.15, 0.2) is 52.9 Å². The van der Waals surface area contributed by atoms with Crippen molar-refractivity contribution in [3.8, 4) is 22.8 Å². The Labute approximate surface area is 189 Å². The fourth-order valence-corrected chi connectivity index (χ4v) is 4.02. The van der Waals surface area contributed by atoms with Crippen LogP contribution in [0.1, 0.15) is 18.4 Å². The van der Waals surface area contributed by atoms with Gasteiger partial charge in [-0.25, -0.2) is 9.99 Å². The molecule has 0 bridgehead atoms. The van der Waals surface area contributed by atoms with Crippen molar-refractivity contribution in [2.24, 2.45) is 5.10 Å². The maximum Gasteiger partial charge on any atom is 0.273 e. The van der Waals surface area contributed by atoms with Crippen molar-refractivity contribution < 1.29 is 19.1 Å². The zero-order valence-corrected chi connectivity index (χ0v) is 18.7. The van der Waals surface area contributed by atoms with Gasteiger partial charge in [0.2, 0.25) is 5.91 Å². The van der Waals surface area contributed by atoms with E-state index in [1.54, 1.807) is 26.4 Å². The molecule has 1 aliphatic rings. The summed E-state index contributed by atoms with van der Waals surface area (Å²) < 4.78 is 10.7. The number of aryl methyl sites for hydroxylation is 1. The molecule has 3 aromatic rings. The molecule has 0 fully saturated rings. The molecule has 8 nitrogen and oxygen atoms in total. The molecule has 2 aromatic carbocycles. The second kappa shape index (κ2) is 9.19. The van der Waals surface area contributed by atoms with Crippen molar-refractivity contribution in [1.82, 2.24) is 4.98 Å². The summed E-state index contributed by atoms with van der Waals surface area (Å²) in [6.07, 6.45) is 0.490. The smallest absolute Gasteiger partial charge is 0.273 e. The van der Waals surface area contributed by atoms with Gasteiger partial charge in [0.15, 0.2) is 5.13 Å². The third-order valence-electron chi connectivity index (χ3n) is 4.95. The molecule has 1 aromatic heterocycles. The lowest BCUT2D eigenvalue weighted by Crippen LogP contribution is -2.36. The molecule has 1 N–H and O–H groups in total. The molecule has 9 heteroatoms. The predicted octanol–water partition coefficient (Wildman–Crippen LogP) is 4.26. The highest BCUT2D eigenvalue weighted by Crippen LogP contribution is 2.35. The Kier molecular flexibility index (Phi) is 6.18. The van der Waals surface area contributed by atoms with Crippen molar-refractivity contribution >= 4 is 39.7 Å². The van der Waals surface area contributed by atoms with Crippen LogP contribution in [0, 0.1) is 6.92 Å². The number of rotatable bonds is 6. The van der Waals surface area contributed by atoms with Gasteiger partial charge in [-0.15, -0.1) is 11.3 Å². The topological polar surface area (TPSA) is 93.1 Å². The monoisotopic (exact) mass is 450 g/mol. The van der Waals surface area contributed by atoms with Gasteiger partial charge in [0.05, 0.1) is 25.6 Å². The summed E-state index contributed by atoms with van der Waals surface area (Å²) in [5.74, 6) is 0.780. The lowest BCUT2D eigenvalue weighted by Gasteiger charge is -2.23. The number of methoxy groups -OCH3 is 2. The first kappa shape index (κ1) is 21.5. The molecule has 0 spiro atoms. The summed E-state index contributed by atoms with van der Waals surface area (Å²) in [6.45, 7) is 1.94. The molecule has 164 valence electrons. The number of benzene rings is 2. The van der Waals surface area contributed by atoms with Crippen LogP contribution in [-0.2, 0) is 9.59 Å². The van der Waals surface area contributed by atoms with Crippen molar-refractivity contribution in [3.63, 3.8) is 0 Å². The van der Waals surface area contributed by atoms with Gasteiger partial charge in [-0.3, -0.25) is 14.9 Å². The summed E-state index contributed by atoms with van der Waals surface area (Å²) in [6, 6.07) is 12.9. The Bertz CT molecular complexity index is 1200. The van der Waals surface area contributed by atoms with Crippen LogP contribution in [-0.4, -0.2) is 36.7 Å². The molecular weight excluding hydrogens is 428 g/mol. The van der Waals surface area contributed by atoms with Gasteiger partial charge in [-0.2, -0.15) is 5.10 Å². The van der Waals surface area contributed by atoms with Gasteiger partial charge in [-0.1, -0.05) is 12.1 Å². The van der Waals surface area contributed by atoms with E-state index in [1.807, 2.05) is 42.6 Å². The Hall–Kier alpha value is -3.72. The third-order valence-corrected chi connectivity index (χ3v) is 5.71. The van der Waals surface area contributed by atoms with E-state index in [4.69, 9.17) is 9.47 Å². The number of aromatic nitrogens is 1. The normalized spacial score (nSPS) is 13.5. The second-order valence-electron chi connectivity index (χ2n) is 7.15. The van der Waals surface area contributed by atoms with Crippen molar-refractivity contribution in [1.29, 1.82) is 0 Å². The number of hydrogen-bond acceptors (Lipinski definition) is 7. The number of anilines is 2. The van der Waals surface area contributed by atoms with Crippen LogP contribution in [0.5, 0.6) is 11.5 Å². The maximum absolute atomic E-state index is 12.8. The van der Waals surface area contributed by atoms with Gasteiger partial charge in [0.1, 0.15) is 17.2 Å². The molecule has 0 aliphatic carbocycles. The molecule has 0 atom stereocenters. The van der Waals surface area contributed by atoms with Crippen LogP contribution < -0.4 is 19.8 Å². The van der Waals surface area contributed by atoms with E-state index >= 15 is 0 Å². The fourth-order valence-electron chi connectivity index (χ4n) is 3.31. The van der Waals surface area contributed by atoms with Crippen molar-refractivity contribution in [3.05, 3.63) is 53.4 Å². The summed E-state index contributed by atoms with van der Waals surface area (Å²) in [5.41, 5.74) is 3.39. The maximum atomic E-state index is 12.8. The molecule has 0 saturated carbocycles. The van der Waals surface area contributed by atoms with Crippen LogP contribution >= 0.6 is 11.3 Å². The highest BCUT2D eigenvalue weighted by Gasteiger charge is 2.26. The standard InChI is InChI=1S/C23H22N4O4S/c1-14-5-4-6-15(11-14)27-21(28)10-9-18(26-27)22(29)25-23-24-19(13-32-23)17-8-7-16(30-2)12-20(17)31-3/h4-8,11-13H,9-10H2,1-3H3,(H,24,25,29). The third kappa shape index (κ3) is 4.47. The number of thiazole rings is 1. The summed E-state index contributed by atoms with van der Waals surface area (Å²) in [7, 11) is 3.17. The Balaban J connectivity index is 1.53. The lowest BCUT2D eigenvalue weighted by atomic mass is 10.1. The van der Waals surface area contributed by atoms with E-state index in [9.17, 15) is 9.59 Å². The molecule has 4 rings (SSSR count). The minimum absolute atomic E-state index is 0.143. The largest absolute Gasteiger partial charge is 0.497 e. The number of nitrogens with one attached hydrogen (secondary N) is 1. The van der Waals surface area contributed by atoms with Gasteiger partial charge in [-0.05, 0) is 36.8 Å². The van der Waals surface area contributed by atoms with E-state index in [-0.39, 0.29) is 30.4 Å². The second-order valence-corrected chi connectivity index (χ2v) is 8.01. The highest BCUT2D eigenvalue weighted by molar-refractivity contribution is 7.14. The van der Waals surface area contributed by atoms with E-state index < -0.39 is 0 Å². The van der Waals surface area contributed by atoms with Crippen LogP contribution in [0.3, 0.4) is 0 Å². The average Bonchev–Trinajstić information content (AvgIpc) is 3.27. The molecule has 2 amide bonds. The van der Waals surface area contributed by atoms with E-state index in [1.165, 1.54) is 16.3 Å². The van der Waals surface area contributed by atoms with Crippen molar-refractivity contribution in [2.45, 2.75) is 19.8 Å². The van der Waals surface area contributed by atoms with Crippen LogP contribution in [0.25, 0.3) is 11.3 Å². The van der Waals surface area contributed by atoms with Crippen molar-refractivity contribution in [2.75, 3.05) is 24.5 Å². The number of nitrogens with zero attached hydrogens (tertiary/aromatic N) is 3. The first-order chi connectivity index (χ1) is 15.5. The average molecular weight is 451 g/mol. The zero-order valence-electron chi connectivity index (χ0n) is 17.9. The number of hydrogen-bond donors (Lipinski definition) is 1. The SMILES string of the molecule is COc1ccc(-c2csc(NC(=O)C3=NN(c4cccc(C)c4)C(=O)CC3)n2)c(OC)c1. The van der Waals surface area contributed by atoms with Crippen LogP contribution in [0.2, 0.25) is 0 Å². The molecular formula is C23H22N4O4S. The van der Waals surface area contributed by atoms with E-state index in [0.717, 1.165) is 11.1 Å². The van der Waals surface area contributed by atoms with Gasteiger partial charge in [0.25, 0.3) is 5.91 Å². The first-order valence-electron chi connectivity index (χ1n) is 9.95. The predicted molar refractivity (Wildman–Crippen MR) is 125 cm³/mol.